The maximum atomic E-state index is 13.8. The van der Waals surface area contributed by atoms with Crippen LogP contribution in [0.15, 0.2) is 47.4 Å². The van der Waals surface area contributed by atoms with Crippen molar-refractivity contribution in [3.05, 3.63) is 64.1 Å². The fourth-order valence-electron chi connectivity index (χ4n) is 3.20. The van der Waals surface area contributed by atoms with Crippen LogP contribution in [0, 0.1) is 0 Å². The highest BCUT2D eigenvalue weighted by Crippen LogP contribution is 2.39. The summed E-state index contributed by atoms with van der Waals surface area (Å²) in [6.07, 6.45) is -3.54. The summed E-state index contributed by atoms with van der Waals surface area (Å²) in [5.74, 6) is -2.51. The lowest BCUT2D eigenvalue weighted by molar-refractivity contribution is -0.142. The summed E-state index contributed by atoms with van der Waals surface area (Å²) in [4.78, 5) is 35.5. The molecule has 2 aromatic carbocycles. The molecule has 0 aliphatic carbocycles. The lowest BCUT2D eigenvalue weighted by Gasteiger charge is -2.14. The molecule has 2 aromatic rings. The van der Waals surface area contributed by atoms with Gasteiger partial charge in [0.05, 0.1) is 17.6 Å². The molecule has 37 heavy (non-hydrogen) atoms. The molecule has 0 bridgehead atoms. The predicted octanol–water partition coefficient (Wildman–Crippen LogP) is 4.25. The average molecular weight is 577 g/mol. The van der Waals surface area contributed by atoms with E-state index < -0.39 is 42.2 Å². The van der Waals surface area contributed by atoms with Crippen LogP contribution in [-0.4, -0.2) is 51.9 Å². The summed E-state index contributed by atoms with van der Waals surface area (Å²) < 4.78 is 51.4. The van der Waals surface area contributed by atoms with Gasteiger partial charge in [-0.2, -0.15) is 13.2 Å². The van der Waals surface area contributed by atoms with Gasteiger partial charge in [0.15, 0.2) is 0 Å². The molecule has 1 fully saturated rings. The molecular formula is C23H20ClF3N2O6S2. The van der Waals surface area contributed by atoms with Crippen molar-refractivity contribution >= 4 is 64.6 Å². The van der Waals surface area contributed by atoms with Crippen LogP contribution in [0.1, 0.15) is 16.7 Å². The van der Waals surface area contributed by atoms with Crippen LogP contribution in [0.5, 0.6) is 11.5 Å². The van der Waals surface area contributed by atoms with Crippen molar-refractivity contribution in [2.75, 3.05) is 13.7 Å². The van der Waals surface area contributed by atoms with Crippen molar-refractivity contribution in [1.82, 2.24) is 4.90 Å². The number of methoxy groups -OCH3 is 1. The quantitative estimate of drug-likeness (QED) is 0.270. The van der Waals surface area contributed by atoms with Crippen LogP contribution in [0.25, 0.3) is 6.08 Å². The standard InChI is InChI=1S/C23H19F3N2O6S2.ClH/c1-33-21(32)17(27)8-12-2-5-14(6-3-12)34-15-7-4-13(16(10-15)23(24,25)26)9-18-20(31)28(11-19(29)30)22(35)36-18;/h2-7,9-10,17H,8,11,27H2,1H3,(H,29,30);1H/t17-;/m0./s1. The molecule has 0 aromatic heterocycles. The Balaban J connectivity index is 0.00000481. The number of hydrogen-bond acceptors (Lipinski definition) is 8. The number of hydrogen-bond donors (Lipinski definition) is 2. The molecule has 0 saturated carbocycles. The number of rotatable bonds is 8. The smallest absolute Gasteiger partial charge is 0.417 e. The topological polar surface area (TPSA) is 119 Å². The second-order valence-electron chi connectivity index (χ2n) is 7.49. The second-order valence-corrected chi connectivity index (χ2v) is 9.16. The molecule has 1 heterocycles. The van der Waals surface area contributed by atoms with E-state index in [-0.39, 0.29) is 45.1 Å². The van der Waals surface area contributed by atoms with E-state index in [1.54, 1.807) is 12.1 Å². The first-order chi connectivity index (χ1) is 16.9. The summed E-state index contributed by atoms with van der Waals surface area (Å²) in [6, 6.07) is 8.68. The van der Waals surface area contributed by atoms with Gasteiger partial charge in [0, 0.05) is 0 Å². The molecule has 3 N–H and O–H groups in total. The number of nitrogens with zero attached hydrogens (tertiary/aromatic N) is 1. The summed E-state index contributed by atoms with van der Waals surface area (Å²) in [7, 11) is 1.23. The van der Waals surface area contributed by atoms with Crippen molar-refractivity contribution in [3.63, 3.8) is 0 Å². The number of carboxylic acid groups (broad SMARTS) is 1. The van der Waals surface area contributed by atoms with E-state index in [9.17, 15) is 27.6 Å². The van der Waals surface area contributed by atoms with E-state index in [0.717, 1.165) is 34.9 Å². The van der Waals surface area contributed by atoms with E-state index in [1.165, 1.54) is 25.3 Å². The molecule has 1 aliphatic heterocycles. The fourth-order valence-corrected chi connectivity index (χ4v) is 4.45. The lowest BCUT2D eigenvalue weighted by atomic mass is 10.1. The fraction of sp³-hybridized carbons (Fsp3) is 0.217. The third kappa shape index (κ3) is 7.68. The van der Waals surface area contributed by atoms with E-state index in [1.807, 2.05) is 0 Å². The highest BCUT2D eigenvalue weighted by atomic mass is 35.5. The van der Waals surface area contributed by atoms with E-state index >= 15 is 0 Å². The number of amides is 1. The minimum Gasteiger partial charge on any atom is -0.480 e. The Kier molecular flexibility index (Phi) is 10.1. The van der Waals surface area contributed by atoms with Crippen molar-refractivity contribution < 1.29 is 42.1 Å². The molecule has 0 unspecified atom stereocenters. The van der Waals surface area contributed by atoms with Crippen molar-refractivity contribution in [2.24, 2.45) is 5.73 Å². The Morgan fingerprint density at radius 1 is 1.19 bits per heavy atom. The first kappa shape index (κ1) is 30.1. The van der Waals surface area contributed by atoms with Gasteiger partial charge in [0.25, 0.3) is 5.91 Å². The van der Waals surface area contributed by atoms with Crippen LogP contribution < -0.4 is 10.5 Å². The number of thiocarbonyl (C=S) groups is 1. The maximum absolute atomic E-state index is 13.8. The van der Waals surface area contributed by atoms with Crippen molar-refractivity contribution in [1.29, 1.82) is 0 Å². The number of carbonyl (C=O) groups is 3. The lowest BCUT2D eigenvalue weighted by Crippen LogP contribution is -2.33. The predicted molar refractivity (Wildman–Crippen MR) is 136 cm³/mol. The maximum Gasteiger partial charge on any atom is 0.417 e. The molecule has 8 nitrogen and oxygen atoms in total. The van der Waals surface area contributed by atoms with Gasteiger partial charge >= 0.3 is 18.1 Å². The number of esters is 1. The minimum atomic E-state index is -4.77. The van der Waals surface area contributed by atoms with Crippen molar-refractivity contribution in [3.8, 4) is 11.5 Å². The van der Waals surface area contributed by atoms with E-state index in [4.69, 9.17) is 27.8 Å². The molecule has 0 radical (unpaired) electrons. The largest absolute Gasteiger partial charge is 0.480 e. The Morgan fingerprint density at radius 2 is 1.81 bits per heavy atom. The highest BCUT2D eigenvalue weighted by molar-refractivity contribution is 8.26. The van der Waals surface area contributed by atoms with Gasteiger partial charge in [-0.15, -0.1) is 12.4 Å². The Morgan fingerprint density at radius 3 is 2.38 bits per heavy atom. The van der Waals surface area contributed by atoms with Crippen LogP contribution >= 0.6 is 36.4 Å². The van der Waals surface area contributed by atoms with E-state index in [2.05, 4.69) is 4.74 Å². The first-order valence-corrected chi connectivity index (χ1v) is 11.4. The van der Waals surface area contributed by atoms with Crippen molar-refractivity contribution in [2.45, 2.75) is 18.6 Å². The van der Waals surface area contributed by atoms with Crippen LogP contribution in [0.4, 0.5) is 13.2 Å². The molecule has 1 atom stereocenters. The normalized spacial score (nSPS) is 15.4. The molecule has 3 rings (SSSR count). The number of ether oxygens (including phenoxy) is 2. The SMILES string of the molecule is COC(=O)[C@@H](N)Cc1ccc(Oc2ccc(C=C3SC(=S)N(CC(=O)O)C3=O)c(C(F)(F)F)c2)cc1.Cl. The van der Waals surface area contributed by atoms with Gasteiger partial charge in [-0.3, -0.25) is 19.3 Å². The number of aliphatic carboxylic acids is 1. The van der Waals surface area contributed by atoms with Gasteiger partial charge in [-0.05, 0) is 47.9 Å². The van der Waals surface area contributed by atoms with Gasteiger partial charge in [0.2, 0.25) is 0 Å². The van der Waals surface area contributed by atoms with Crippen LogP contribution in [0.3, 0.4) is 0 Å². The van der Waals surface area contributed by atoms with Gasteiger partial charge < -0.3 is 20.3 Å². The van der Waals surface area contributed by atoms with Gasteiger partial charge in [-0.1, -0.05) is 42.2 Å². The van der Waals surface area contributed by atoms with Gasteiger partial charge in [0.1, 0.15) is 28.4 Å². The second kappa shape index (κ2) is 12.4. The van der Waals surface area contributed by atoms with E-state index in [0.29, 0.717) is 5.56 Å². The first-order valence-electron chi connectivity index (χ1n) is 10.2. The Labute approximate surface area is 225 Å². The minimum absolute atomic E-state index is 0. The number of nitrogens with two attached hydrogens (primary N) is 1. The Hall–Kier alpha value is -3.13. The zero-order valence-corrected chi connectivity index (χ0v) is 21.4. The van der Waals surface area contributed by atoms with Crippen LogP contribution in [0.2, 0.25) is 0 Å². The highest BCUT2D eigenvalue weighted by Gasteiger charge is 2.36. The number of carboxylic acids is 1. The molecule has 0 spiro atoms. The number of alkyl halides is 3. The summed E-state index contributed by atoms with van der Waals surface area (Å²) in [5, 5.41) is 8.90. The number of halogens is 4. The molecule has 1 saturated heterocycles. The van der Waals surface area contributed by atoms with Crippen LogP contribution in [-0.2, 0) is 31.7 Å². The third-order valence-corrected chi connectivity index (χ3v) is 6.28. The molecule has 1 aliphatic rings. The zero-order valence-electron chi connectivity index (χ0n) is 19.0. The summed E-state index contributed by atoms with van der Waals surface area (Å²) >= 11 is 5.69. The molecule has 198 valence electrons. The molecule has 1 amide bonds. The zero-order chi connectivity index (χ0) is 26.6. The monoisotopic (exact) mass is 576 g/mol. The number of benzene rings is 2. The van der Waals surface area contributed by atoms with Gasteiger partial charge in [-0.25, -0.2) is 0 Å². The molecular weight excluding hydrogens is 557 g/mol. The number of thioether (sulfide) groups is 1. The average Bonchev–Trinajstić information content (AvgIpc) is 3.07. The Bertz CT molecular complexity index is 1240. The molecule has 14 heteroatoms. The number of carbonyl (C=O) groups excluding carboxylic acids is 2. The third-order valence-electron chi connectivity index (χ3n) is 4.90. The summed E-state index contributed by atoms with van der Waals surface area (Å²) in [5.41, 5.74) is 5.06. The summed E-state index contributed by atoms with van der Waals surface area (Å²) in [6.45, 7) is -0.686.